The SMILES string of the molecule is COc1cc(C(=O)N(C)c2nc(C)cs2)ccc1C. The van der Waals surface area contributed by atoms with Gasteiger partial charge in [0.05, 0.1) is 12.8 Å². The highest BCUT2D eigenvalue weighted by molar-refractivity contribution is 7.14. The van der Waals surface area contributed by atoms with Crippen LogP contribution in [0, 0.1) is 13.8 Å². The smallest absolute Gasteiger partial charge is 0.259 e. The number of aromatic nitrogens is 1. The zero-order chi connectivity index (χ0) is 14.0. The Morgan fingerprint density at radius 2 is 2.11 bits per heavy atom. The molecule has 0 atom stereocenters. The maximum atomic E-state index is 12.4. The average Bonchev–Trinajstić information content (AvgIpc) is 2.84. The second-order valence-corrected chi connectivity index (χ2v) is 5.16. The number of anilines is 1. The Kier molecular flexibility index (Phi) is 3.85. The van der Waals surface area contributed by atoms with Gasteiger partial charge >= 0.3 is 0 Å². The number of thiazole rings is 1. The molecule has 1 amide bonds. The molecule has 0 aliphatic rings. The molecule has 0 fully saturated rings. The van der Waals surface area contributed by atoms with Crippen LogP contribution in [0.2, 0.25) is 0 Å². The highest BCUT2D eigenvalue weighted by atomic mass is 32.1. The number of aryl methyl sites for hydroxylation is 2. The van der Waals surface area contributed by atoms with E-state index in [0.717, 1.165) is 17.0 Å². The third kappa shape index (κ3) is 2.76. The number of methoxy groups -OCH3 is 1. The van der Waals surface area contributed by atoms with E-state index >= 15 is 0 Å². The minimum Gasteiger partial charge on any atom is -0.496 e. The van der Waals surface area contributed by atoms with Crippen LogP contribution in [0.3, 0.4) is 0 Å². The van der Waals surface area contributed by atoms with Crippen molar-refractivity contribution in [2.45, 2.75) is 13.8 Å². The predicted molar refractivity (Wildman–Crippen MR) is 77.3 cm³/mol. The summed E-state index contributed by atoms with van der Waals surface area (Å²) in [6.07, 6.45) is 0. The topological polar surface area (TPSA) is 42.4 Å². The van der Waals surface area contributed by atoms with Gasteiger partial charge < -0.3 is 4.74 Å². The Bertz CT molecular complexity index is 607. The molecular formula is C14H16N2O2S. The van der Waals surface area contributed by atoms with E-state index in [-0.39, 0.29) is 5.91 Å². The van der Waals surface area contributed by atoms with Crippen molar-refractivity contribution in [3.05, 3.63) is 40.4 Å². The Balaban J connectivity index is 2.29. The fourth-order valence-corrected chi connectivity index (χ4v) is 2.50. The Morgan fingerprint density at radius 3 is 2.68 bits per heavy atom. The van der Waals surface area contributed by atoms with Crippen LogP contribution in [-0.2, 0) is 0 Å². The molecular weight excluding hydrogens is 260 g/mol. The van der Waals surface area contributed by atoms with Crippen molar-refractivity contribution < 1.29 is 9.53 Å². The van der Waals surface area contributed by atoms with Crippen molar-refractivity contribution in [2.24, 2.45) is 0 Å². The quantitative estimate of drug-likeness (QED) is 0.865. The average molecular weight is 276 g/mol. The lowest BCUT2D eigenvalue weighted by Crippen LogP contribution is -2.26. The van der Waals surface area contributed by atoms with E-state index < -0.39 is 0 Å². The molecule has 0 aliphatic carbocycles. The first kappa shape index (κ1) is 13.5. The molecule has 5 heteroatoms. The molecule has 1 aromatic heterocycles. The third-order valence-electron chi connectivity index (χ3n) is 2.85. The molecule has 1 aromatic carbocycles. The van der Waals surface area contributed by atoms with Gasteiger partial charge in [-0.3, -0.25) is 9.69 Å². The second kappa shape index (κ2) is 5.40. The van der Waals surface area contributed by atoms with Crippen LogP contribution >= 0.6 is 11.3 Å². The normalized spacial score (nSPS) is 10.3. The molecule has 0 bridgehead atoms. The second-order valence-electron chi connectivity index (χ2n) is 4.32. The zero-order valence-corrected chi connectivity index (χ0v) is 12.2. The van der Waals surface area contributed by atoms with Gasteiger partial charge in [0.25, 0.3) is 5.91 Å². The standard InChI is InChI=1S/C14H16N2O2S/c1-9-5-6-11(7-12(9)18-4)13(17)16(3)14-15-10(2)8-19-14/h5-8H,1-4H3. The van der Waals surface area contributed by atoms with Crippen LogP contribution in [0.4, 0.5) is 5.13 Å². The fraction of sp³-hybridized carbons (Fsp3) is 0.286. The molecule has 0 spiro atoms. The number of benzene rings is 1. The van der Waals surface area contributed by atoms with Crippen molar-refractivity contribution >= 4 is 22.4 Å². The summed E-state index contributed by atoms with van der Waals surface area (Å²) in [7, 11) is 3.33. The molecule has 100 valence electrons. The van der Waals surface area contributed by atoms with Crippen LogP contribution < -0.4 is 9.64 Å². The molecule has 0 unspecified atom stereocenters. The van der Waals surface area contributed by atoms with Crippen molar-refractivity contribution in [2.75, 3.05) is 19.1 Å². The van der Waals surface area contributed by atoms with Crippen molar-refractivity contribution in [1.29, 1.82) is 0 Å². The molecule has 0 N–H and O–H groups in total. The first-order chi connectivity index (χ1) is 9.02. The molecule has 0 radical (unpaired) electrons. The van der Waals surface area contributed by atoms with Crippen LogP contribution in [-0.4, -0.2) is 25.0 Å². The van der Waals surface area contributed by atoms with Gasteiger partial charge in [0.15, 0.2) is 5.13 Å². The van der Waals surface area contributed by atoms with E-state index in [1.807, 2.05) is 25.3 Å². The summed E-state index contributed by atoms with van der Waals surface area (Å²) >= 11 is 1.46. The number of nitrogens with zero attached hydrogens (tertiary/aromatic N) is 2. The van der Waals surface area contributed by atoms with Gasteiger partial charge in [-0.25, -0.2) is 4.98 Å². The van der Waals surface area contributed by atoms with Gasteiger partial charge in [-0.05, 0) is 31.5 Å². The molecule has 2 aromatic rings. The summed E-state index contributed by atoms with van der Waals surface area (Å²) in [5.41, 5.74) is 2.52. The molecule has 0 saturated carbocycles. The molecule has 4 nitrogen and oxygen atoms in total. The van der Waals surface area contributed by atoms with Crippen LogP contribution in [0.5, 0.6) is 5.75 Å². The third-order valence-corrected chi connectivity index (χ3v) is 3.89. The summed E-state index contributed by atoms with van der Waals surface area (Å²) < 4.78 is 5.24. The van der Waals surface area contributed by atoms with Crippen molar-refractivity contribution in [3.8, 4) is 5.75 Å². The molecule has 19 heavy (non-hydrogen) atoms. The van der Waals surface area contributed by atoms with E-state index in [1.165, 1.54) is 11.3 Å². The van der Waals surface area contributed by atoms with E-state index in [2.05, 4.69) is 4.98 Å². The van der Waals surface area contributed by atoms with Crippen molar-refractivity contribution in [1.82, 2.24) is 4.98 Å². The van der Waals surface area contributed by atoms with Gasteiger partial charge in [0.2, 0.25) is 0 Å². The minimum absolute atomic E-state index is 0.0901. The number of ether oxygens (including phenoxy) is 1. The lowest BCUT2D eigenvalue weighted by Gasteiger charge is -2.15. The maximum Gasteiger partial charge on any atom is 0.259 e. The monoisotopic (exact) mass is 276 g/mol. The van der Waals surface area contributed by atoms with E-state index in [4.69, 9.17) is 4.74 Å². The Hall–Kier alpha value is -1.88. The summed E-state index contributed by atoms with van der Waals surface area (Å²) in [5, 5.41) is 2.62. The largest absolute Gasteiger partial charge is 0.496 e. The molecule has 1 heterocycles. The number of carbonyl (C=O) groups is 1. The summed E-state index contributed by atoms with van der Waals surface area (Å²) in [4.78, 5) is 18.2. The van der Waals surface area contributed by atoms with E-state index in [1.54, 1.807) is 31.2 Å². The van der Waals surface area contributed by atoms with Gasteiger partial charge in [-0.2, -0.15) is 0 Å². The highest BCUT2D eigenvalue weighted by Gasteiger charge is 2.17. The van der Waals surface area contributed by atoms with Crippen molar-refractivity contribution in [3.63, 3.8) is 0 Å². The van der Waals surface area contributed by atoms with Crippen LogP contribution in [0.25, 0.3) is 0 Å². The highest BCUT2D eigenvalue weighted by Crippen LogP contribution is 2.23. The molecule has 2 rings (SSSR count). The van der Waals surface area contributed by atoms with Crippen LogP contribution in [0.15, 0.2) is 23.6 Å². The van der Waals surface area contributed by atoms with E-state index in [9.17, 15) is 4.79 Å². The number of carbonyl (C=O) groups excluding carboxylic acids is 1. The fourth-order valence-electron chi connectivity index (χ4n) is 1.73. The molecule has 0 saturated heterocycles. The lowest BCUT2D eigenvalue weighted by molar-refractivity contribution is 0.0992. The van der Waals surface area contributed by atoms with Crippen LogP contribution in [0.1, 0.15) is 21.6 Å². The first-order valence-electron chi connectivity index (χ1n) is 5.87. The zero-order valence-electron chi connectivity index (χ0n) is 11.4. The minimum atomic E-state index is -0.0901. The summed E-state index contributed by atoms with van der Waals surface area (Å²) in [6, 6.07) is 5.44. The van der Waals surface area contributed by atoms with Gasteiger partial charge in [0, 0.05) is 18.0 Å². The number of hydrogen-bond donors (Lipinski definition) is 0. The number of amides is 1. The number of hydrogen-bond acceptors (Lipinski definition) is 4. The number of rotatable bonds is 3. The van der Waals surface area contributed by atoms with E-state index in [0.29, 0.717) is 10.7 Å². The van der Waals surface area contributed by atoms with Gasteiger partial charge in [-0.1, -0.05) is 6.07 Å². The summed E-state index contributed by atoms with van der Waals surface area (Å²) in [6.45, 7) is 3.86. The lowest BCUT2D eigenvalue weighted by atomic mass is 10.1. The Labute approximate surface area is 116 Å². The Morgan fingerprint density at radius 1 is 1.37 bits per heavy atom. The summed E-state index contributed by atoms with van der Waals surface area (Å²) in [5.74, 6) is 0.627. The first-order valence-corrected chi connectivity index (χ1v) is 6.75. The van der Waals surface area contributed by atoms with Gasteiger partial charge in [-0.15, -0.1) is 11.3 Å². The van der Waals surface area contributed by atoms with Gasteiger partial charge in [0.1, 0.15) is 5.75 Å². The molecule has 0 aliphatic heterocycles. The predicted octanol–water partition coefficient (Wildman–Crippen LogP) is 3.05. The maximum absolute atomic E-state index is 12.4.